The van der Waals surface area contributed by atoms with Crippen molar-refractivity contribution in [3.05, 3.63) is 99.6 Å². The zero-order valence-electron chi connectivity index (χ0n) is 17.5. The molecule has 164 valence electrons. The van der Waals surface area contributed by atoms with Gasteiger partial charge in [0, 0.05) is 12.3 Å². The predicted octanol–water partition coefficient (Wildman–Crippen LogP) is 5.12. The Morgan fingerprint density at radius 3 is 2.38 bits per heavy atom. The number of hydrogen-bond acceptors (Lipinski definition) is 6. The summed E-state index contributed by atoms with van der Waals surface area (Å²) in [5.74, 6) is 0. The molecule has 0 aliphatic carbocycles. The average molecular weight is 451 g/mol. The van der Waals surface area contributed by atoms with Crippen molar-refractivity contribution in [3.63, 3.8) is 0 Å². The van der Waals surface area contributed by atoms with Gasteiger partial charge in [-0.25, -0.2) is 8.42 Å². The number of anilines is 2. The lowest BCUT2D eigenvalue weighted by Crippen LogP contribution is -2.14. The minimum Gasteiger partial charge on any atom is -0.279 e. The number of hydrogen-bond donors (Lipinski definition) is 2. The Balaban J connectivity index is 1.78. The van der Waals surface area contributed by atoms with Gasteiger partial charge in [0.15, 0.2) is 0 Å². The standard InChI is InChI=1S/C23H22N4O4S/c1-17-10-12-21(18(2)15-17)26-32(30,31)20-11-13-22(23(16-20)27(28)29)25-24-14-6-9-19-7-4-3-5-8-19/h3-16,25-26H,1-2H3. The van der Waals surface area contributed by atoms with Gasteiger partial charge in [-0.05, 0) is 49.2 Å². The number of aryl methyl sites for hydroxylation is 2. The summed E-state index contributed by atoms with van der Waals surface area (Å²) >= 11 is 0. The van der Waals surface area contributed by atoms with Crippen LogP contribution in [0.5, 0.6) is 0 Å². The lowest BCUT2D eigenvalue weighted by molar-refractivity contribution is -0.384. The van der Waals surface area contributed by atoms with Crippen LogP contribution >= 0.6 is 0 Å². The van der Waals surface area contributed by atoms with Crippen LogP contribution in [0.4, 0.5) is 17.1 Å². The first-order valence-corrected chi connectivity index (χ1v) is 11.1. The van der Waals surface area contributed by atoms with Crippen LogP contribution in [0.2, 0.25) is 0 Å². The van der Waals surface area contributed by atoms with Crippen molar-refractivity contribution in [2.24, 2.45) is 5.10 Å². The van der Waals surface area contributed by atoms with Crippen LogP contribution in [-0.4, -0.2) is 19.6 Å². The van der Waals surface area contributed by atoms with Gasteiger partial charge in [0.1, 0.15) is 5.69 Å². The largest absolute Gasteiger partial charge is 0.295 e. The molecule has 0 saturated carbocycles. The Labute approximate surface area is 186 Å². The van der Waals surface area contributed by atoms with Gasteiger partial charge in [0.25, 0.3) is 15.7 Å². The van der Waals surface area contributed by atoms with Gasteiger partial charge in [-0.2, -0.15) is 5.10 Å². The number of hydrazone groups is 1. The van der Waals surface area contributed by atoms with Gasteiger partial charge < -0.3 is 0 Å². The highest BCUT2D eigenvalue weighted by Crippen LogP contribution is 2.29. The lowest BCUT2D eigenvalue weighted by Gasteiger charge is -2.12. The van der Waals surface area contributed by atoms with Gasteiger partial charge in [-0.3, -0.25) is 20.3 Å². The summed E-state index contributed by atoms with van der Waals surface area (Å²) in [6.07, 6.45) is 4.96. The molecule has 0 fully saturated rings. The van der Waals surface area contributed by atoms with Crippen molar-refractivity contribution >= 4 is 39.4 Å². The van der Waals surface area contributed by atoms with E-state index in [4.69, 9.17) is 0 Å². The zero-order chi connectivity index (χ0) is 23.1. The Morgan fingerprint density at radius 1 is 0.969 bits per heavy atom. The topological polar surface area (TPSA) is 114 Å². The van der Waals surface area contributed by atoms with Crippen molar-refractivity contribution in [3.8, 4) is 0 Å². The Kier molecular flexibility index (Phi) is 7.01. The Hall–Kier alpha value is -3.98. The molecule has 0 radical (unpaired) electrons. The van der Waals surface area contributed by atoms with E-state index in [1.165, 1.54) is 18.3 Å². The molecule has 0 unspecified atom stereocenters. The summed E-state index contributed by atoms with van der Waals surface area (Å²) in [6, 6.07) is 18.5. The van der Waals surface area contributed by atoms with E-state index in [2.05, 4.69) is 15.2 Å². The van der Waals surface area contributed by atoms with Crippen LogP contribution in [0.3, 0.4) is 0 Å². The van der Waals surface area contributed by atoms with E-state index in [1.54, 1.807) is 25.1 Å². The first-order chi connectivity index (χ1) is 15.3. The molecule has 0 amide bonds. The monoisotopic (exact) mass is 450 g/mol. The third-order valence-corrected chi connectivity index (χ3v) is 5.90. The maximum Gasteiger partial charge on any atom is 0.295 e. The lowest BCUT2D eigenvalue weighted by atomic mass is 10.1. The van der Waals surface area contributed by atoms with Gasteiger partial charge in [0.2, 0.25) is 0 Å². The number of sulfonamides is 1. The van der Waals surface area contributed by atoms with Gasteiger partial charge >= 0.3 is 0 Å². The molecule has 0 heterocycles. The fraction of sp³-hybridized carbons (Fsp3) is 0.0870. The van der Waals surface area contributed by atoms with E-state index >= 15 is 0 Å². The van der Waals surface area contributed by atoms with E-state index in [-0.39, 0.29) is 10.6 Å². The van der Waals surface area contributed by atoms with Crippen molar-refractivity contribution in [1.29, 1.82) is 0 Å². The molecule has 3 aromatic carbocycles. The number of nitro benzene ring substituents is 1. The molecule has 0 spiro atoms. The summed E-state index contributed by atoms with van der Waals surface area (Å²) < 4.78 is 28.0. The van der Waals surface area contributed by atoms with Crippen LogP contribution in [0.15, 0.2) is 82.8 Å². The van der Waals surface area contributed by atoms with Crippen LogP contribution < -0.4 is 10.1 Å². The molecule has 32 heavy (non-hydrogen) atoms. The van der Waals surface area contributed by atoms with Crippen molar-refractivity contribution in [1.82, 2.24) is 0 Å². The summed E-state index contributed by atoms with van der Waals surface area (Å²) in [5.41, 5.74) is 5.39. The number of benzene rings is 3. The molecule has 8 nitrogen and oxygen atoms in total. The second-order valence-electron chi connectivity index (χ2n) is 7.02. The molecule has 0 aliphatic rings. The van der Waals surface area contributed by atoms with Crippen molar-refractivity contribution in [2.45, 2.75) is 18.7 Å². The summed E-state index contributed by atoms with van der Waals surface area (Å²) in [4.78, 5) is 10.6. The van der Waals surface area contributed by atoms with Crippen LogP contribution in [0.1, 0.15) is 16.7 Å². The second-order valence-corrected chi connectivity index (χ2v) is 8.70. The van der Waals surface area contributed by atoms with E-state index in [0.29, 0.717) is 5.69 Å². The number of allylic oxidation sites excluding steroid dienone is 1. The minimum absolute atomic E-state index is 0.0739. The molecule has 2 N–H and O–H groups in total. The predicted molar refractivity (Wildman–Crippen MR) is 127 cm³/mol. The summed E-state index contributed by atoms with van der Waals surface area (Å²) in [5, 5.41) is 15.5. The Bertz CT molecular complexity index is 1290. The van der Waals surface area contributed by atoms with Crippen molar-refractivity contribution in [2.75, 3.05) is 10.1 Å². The smallest absolute Gasteiger partial charge is 0.279 e. The van der Waals surface area contributed by atoms with Crippen LogP contribution in [0.25, 0.3) is 6.08 Å². The maximum absolute atomic E-state index is 12.8. The second kappa shape index (κ2) is 9.88. The first kappa shape index (κ1) is 22.7. The molecule has 0 saturated heterocycles. The number of nitro groups is 1. The molecular weight excluding hydrogens is 428 g/mol. The molecule has 0 bridgehead atoms. The number of nitrogens with one attached hydrogen (secondary N) is 2. The van der Waals surface area contributed by atoms with Gasteiger partial charge in [0.05, 0.1) is 15.5 Å². The number of nitrogens with zero attached hydrogens (tertiary/aromatic N) is 2. The van der Waals surface area contributed by atoms with Crippen molar-refractivity contribution < 1.29 is 13.3 Å². The fourth-order valence-corrected chi connectivity index (χ4v) is 4.07. The average Bonchev–Trinajstić information content (AvgIpc) is 2.76. The maximum atomic E-state index is 12.8. The van der Waals surface area contributed by atoms with Gasteiger partial charge in [-0.1, -0.05) is 54.1 Å². The fourth-order valence-electron chi connectivity index (χ4n) is 2.92. The molecule has 0 aliphatic heterocycles. The molecule has 9 heteroatoms. The third kappa shape index (κ3) is 5.79. The molecular formula is C23H22N4O4S. The summed E-state index contributed by atoms with van der Waals surface area (Å²) in [6.45, 7) is 3.69. The normalized spacial score (nSPS) is 11.7. The highest BCUT2D eigenvalue weighted by atomic mass is 32.2. The molecule has 3 rings (SSSR count). The van der Waals surface area contributed by atoms with E-state index < -0.39 is 20.6 Å². The van der Waals surface area contributed by atoms with Crippen LogP contribution in [0, 0.1) is 24.0 Å². The molecule has 3 aromatic rings. The first-order valence-electron chi connectivity index (χ1n) is 9.65. The molecule has 0 atom stereocenters. The quantitative estimate of drug-likeness (QED) is 0.281. The number of rotatable bonds is 8. The van der Waals surface area contributed by atoms with E-state index in [1.807, 2.05) is 49.4 Å². The van der Waals surface area contributed by atoms with Crippen LogP contribution in [-0.2, 0) is 10.0 Å². The molecule has 0 aromatic heterocycles. The Morgan fingerprint density at radius 2 is 1.69 bits per heavy atom. The summed E-state index contributed by atoms with van der Waals surface area (Å²) in [7, 11) is -4.01. The minimum atomic E-state index is -4.01. The SMILES string of the molecule is Cc1ccc(NS(=O)(=O)c2ccc(NN=CC=Cc3ccccc3)c([N+](=O)[O-])c2)c(C)c1. The van der Waals surface area contributed by atoms with E-state index in [9.17, 15) is 18.5 Å². The highest BCUT2D eigenvalue weighted by Gasteiger charge is 2.22. The van der Waals surface area contributed by atoms with Gasteiger partial charge in [-0.15, -0.1) is 0 Å². The third-order valence-electron chi connectivity index (χ3n) is 4.54. The zero-order valence-corrected chi connectivity index (χ0v) is 18.3. The highest BCUT2D eigenvalue weighted by molar-refractivity contribution is 7.92. The van der Waals surface area contributed by atoms with E-state index in [0.717, 1.165) is 22.8 Å².